The van der Waals surface area contributed by atoms with Crippen molar-refractivity contribution in [3.8, 4) is 0 Å². The lowest BCUT2D eigenvalue weighted by molar-refractivity contribution is -0.192. The SMILES string of the molecule is O=C(O)C(F)(F)F.O=C(O)CCC1CCCCN1Cc1cccc2c1CCOC2. The van der Waals surface area contributed by atoms with Crippen molar-refractivity contribution in [3.63, 3.8) is 0 Å². The highest BCUT2D eigenvalue weighted by Gasteiger charge is 2.38. The maximum Gasteiger partial charge on any atom is 0.490 e. The number of hydrogen-bond acceptors (Lipinski definition) is 4. The minimum absolute atomic E-state index is 0.280. The number of carbonyl (C=O) groups is 2. The Morgan fingerprint density at radius 1 is 1.21 bits per heavy atom. The molecule has 2 aliphatic heterocycles. The number of alkyl halides is 3. The van der Waals surface area contributed by atoms with Gasteiger partial charge in [-0.1, -0.05) is 24.6 Å². The summed E-state index contributed by atoms with van der Waals surface area (Å²) in [5.74, 6) is -3.44. The number of ether oxygens (including phenoxy) is 1. The molecular formula is C20H26F3NO5. The molecule has 0 saturated carbocycles. The van der Waals surface area contributed by atoms with Crippen LogP contribution in [-0.4, -0.2) is 52.4 Å². The van der Waals surface area contributed by atoms with E-state index in [1.165, 1.54) is 29.5 Å². The predicted octanol–water partition coefficient (Wildman–Crippen LogP) is 3.61. The topological polar surface area (TPSA) is 87.1 Å². The summed E-state index contributed by atoms with van der Waals surface area (Å²) in [6.45, 7) is 3.58. The number of carboxylic acids is 2. The summed E-state index contributed by atoms with van der Waals surface area (Å²) < 4.78 is 37.3. The summed E-state index contributed by atoms with van der Waals surface area (Å²) in [5.41, 5.74) is 4.18. The summed E-state index contributed by atoms with van der Waals surface area (Å²) in [4.78, 5) is 22.3. The van der Waals surface area contributed by atoms with Gasteiger partial charge in [-0.15, -0.1) is 0 Å². The molecule has 0 radical (unpaired) electrons. The lowest BCUT2D eigenvalue weighted by Crippen LogP contribution is -2.39. The van der Waals surface area contributed by atoms with Crippen LogP contribution in [0.15, 0.2) is 18.2 Å². The number of rotatable bonds is 5. The highest BCUT2D eigenvalue weighted by Crippen LogP contribution is 2.27. The fraction of sp³-hybridized carbons (Fsp3) is 0.600. The molecule has 1 fully saturated rings. The van der Waals surface area contributed by atoms with E-state index in [4.69, 9.17) is 19.7 Å². The Kier molecular flexibility index (Phi) is 8.45. The first kappa shape index (κ1) is 23.2. The second-order valence-electron chi connectivity index (χ2n) is 7.21. The monoisotopic (exact) mass is 417 g/mol. The third kappa shape index (κ3) is 7.32. The maximum absolute atomic E-state index is 10.9. The predicted molar refractivity (Wildman–Crippen MR) is 98.4 cm³/mol. The third-order valence-corrected chi connectivity index (χ3v) is 5.18. The van der Waals surface area contributed by atoms with Crippen LogP contribution in [0, 0.1) is 0 Å². The number of piperidine rings is 1. The van der Waals surface area contributed by atoms with Gasteiger partial charge < -0.3 is 14.9 Å². The van der Waals surface area contributed by atoms with E-state index in [9.17, 15) is 18.0 Å². The van der Waals surface area contributed by atoms with Gasteiger partial charge in [0.1, 0.15) is 0 Å². The van der Waals surface area contributed by atoms with Gasteiger partial charge in [-0.2, -0.15) is 13.2 Å². The van der Waals surface area contributed by atoms with E-state index in [0.717, 1.165) is 45.6 Å². The van der Waals surface area contributed by atoms with Crippen LogP contribution in [0.3, 0.4) is 0 Å². The Bertz CT molecular complexity index is 708. The number of fused-ring (bicyclic) bond motifs is 1. The molecule has 0 spiro atoms. The van der Waals surface area contributed by atoms with Gasteiger partial charge in [-0.05, 0) is 48.9 Å². The van der Waals surface area contributed by atoms with Crippen molar-refractivity contribution in [1.82, 2.24) is 4.90 Å². The Balaban J connectivity index is 0.000000370. The zero-order valence-electron chi connectivity index (χ0n) is 16.1. The number of nitrogens with zero attached hydrogens (tertiary/aromatic N) is 1. The van der Waals surface area contributed by atoms with Crippen LogP contribution in [0.25, 0.3) is 0 Å². The Hall–Kier alpha value is -2.13. The molecule has 1 atom stereocenters. The minimum Gasteiger partial charge on any atom is -0.481 e. The van der Waals surface area contributed by atoms with E-state index in [0.29, 0.717) is 6.04 Å². The van der Waals surface area contributed by atoms with E-state index >= 15 is 0 Å². The summed E-state index contributed by atoms with van der Waals surface area (Å²) >= 11 is 0. The molecule has 2 aliphatic rings. The standard InChI is InChI=1S/C18H25NO3.C2HF3O2/c20-18(21)8-7-16-6-1-2-10-19(16)12-14-4-3-5-15-13-22-11-9-17(14)15;3-2(4,5)1(6)7/h3-5,16H,1-2,6-13H2,(H,20,21);(H,6,7). The van der Waals surface area contributed by atoms with Gasteiger partial charge in [0, 0.05) is 19.0 Å². The van der Waals surface area contributed by atoms with Crippen LogP contribution in [0.1, 0.15) is 48.8 Å². The van der Waals surface area contributed by atoms with Crippen molar-refractivity contribution < 1.29 is 37.7 Å². The third-order valence-electron chi connectivity index (χ3n) is 5.18. The summed E-state index contributed by atoms with van der Waals surface area (Å²) in [6.07, 6.45) is 0.545. The van der Waals surface area contributed by atoms with Gasteiger partial charge in [0.2, 0.25) is 0 Å². The molecule has 0 bridgehead atoms. The Labute approximate surface area is 167 Å². The van der Waals surface area contributed by atoms with E-state index in [1.54, 1.807) is 0 Å². The second-order valence-corrected chi connectivity index (χ2v) is 7.21. The molecule has 2 heterocycles. The highest BCUT2D eigenvalue weighted by atomic mass is 19.4. The molecule has 162 valence electrons. The molecule has 6 nitrogen and oxygen atoms in total. The molecule has 3 rings (SSSR count). The lowest BCUT2D eigenvalue weighted by Gasteiger charge is -2.36. The van der Waals surface area contributed by atoms with Crippen LogP contribution in [-0.2, 0) is 33.9 Å². The Morgan fingerprint density at radius 3 is 2.59 bits per heavy atom. The van der Waals surface area contributed by atoms with Crippen molar-refractivity contribution in [1.29, 1.82) is 0 Å². The maximum atomic E-state index is 10.9. The Morgan fingerprint density at radius 2 is 1.93 bits per heavy atom. The quantitative estimate of drug-likeness (QED) is 0.761. The number of halogens is 3. The lowest BCUT2D eigenvalue weighted by atomic mass is 9.93. The van der Waals surface area contributed by atoms with Crippen molar-refractivity contribution in [3.05, 3.63) is 34.9 Å². The average molecular weight is 417 g/mol. The minimum atomic E-state index is -5.08. The molecule has 29 heavy (non-hydrogen) atoms. The molecule has 9 heteroatoms. The fourth-order valence-electron chi connectivity index (χ4n) is 3.75. The van der Waals surface area contributed by atoms with Crippen molar-refractivity contribution in [2.45, 2.75) is 63.9 Å². The average Bonchev–Trinajstić information content (AvgIpc) is 2.67. The number of benzene rings is 1. The van der Waals surface area contributed by atoms with Gasteiger partial charge in [0.05, 0.1) is 13.2 Å². The zero-order valence-corrected chi connectivity index (χ0v) is 16.1. The number of aliphatic carboxylic acids is 2. The van der Waals surface area contributed by atoms with E-state index in [1.807, 2.05) is 0 Å². The van der Waals surface area contributed by atoms with Crippen LogP contribution < -0.4 is 0 Å². The highest BCUT2D eigenvalue weighted by molar-refractivity contribution is 5.73. The van der Waals surface area contributed by atoms with Crippen molar-refractivity contribution >= 4 is 11.9 Å². The van der Waals surface area contributed by atoms with Crippen LogP contribution in [0.4, 0.5) is 13.2 Å². The van der Waals surface area contributed by atoms with Gasteiger partial charge in [-0.25, -0.2) is 4.79 Å². The van der Waals surface area contributed by atoms with Gasteiger partial charge in [0.15, 0.2) is 0 Å². The number of likely N-dealkylation sites (tertiary alicyclic amines) is 1. The van der Waals surface area contributed by atoms with Gasteiger partial charge in [-0.3, -0.25) is 9.69 Å². The number of hydrogen-bond donors (Lipinski definition) is 2. The molecule has 1 aromatic rings. The number of carboxylic acid groups (broad SMARTS) is 2. The largest absolute Gasteiger partial charge is 0.490 e. The first-order chi connectivity index (χ1) is 13.7. The van der Waals surface area contributed by atoms with Crippen LogP contribution >= 0.6 is 0 Å². The van der Waals surface area contributed by atoms with E-state index < -0.39 is 18.1 Å². The smallest absolute Gasteiger partial charge is 0.481 e. The molecule has 1 aromatic carbocycles. The zero-order chi connectivity index (χ0) is 21.4. The molecule has 0 aromatic heterocycles. The van der Waals surface area contributed by atoms with Crippen LogP contribution in [0.2, 0.25) is 0 Å². The summed E-state index contributed by atoms with van der Waals surface area (Å²) in [7, 11) is 0. The summed E-state index contributed by atoms with van der Waals surface area (Å²) in [6, 6.07) is 6.93. The molecule has 0 aliphatic carbocycles. The van der Waals surface area contributed by atoms with Crippen LogP contribution in [0.5, 0.6) is 0 Å². The summed E-state index contributed by atoms with van der Waals surface area (Å²) in [5, 5.41) is 16.1. The van der Waals surface area contributed by atoms with Crippen molar-refractivity contribution in [2.24, 2.45) is 0 Å². The molecule has 1 unspecified atom stereocenters. The molecule has 2 N–H and O–H groups in total. The molecular weight excluding hydrogens is 391 g/mol. The van der Waals surface area contributed by atoms with Gasteiger partial charge in [0.25, 0.3) is 0 Å². The first-order valence-corrected chi connectivity index (χ1v) is 9.62. The van der Waals surface area contributed by atoms with E-state index in [-0.39, 0.29) is 6.42 Å². The first-order valence-electron chi connectivity index (χ1n) is 9.62. The van der Waals surface area contributed by atoms with E-state index in [2.05, 4.69) is 23.1 Å². The van der Waals surface area contributed by atoms with Gasteiger partial charge >= 0.3 is 18.1 Å². The molecule has 0 amide bonds. The molecule has 1 saturated heterocycles. The normalized spacial score (nSPS) is 19.6. The fourth-order valence-corrected chi connectivity index (χ4v) is 3.75. The van der Waals surface area contributed by atoms with Crippen molar-refractivity contribution in [2.75, 3.05) is 13.2 Å². The second kappa shape index (κ2) is 10.6.